The number of carbonyl (C=O) groups is 2. The van der Waals surface area contributed by atoms with Gasteiger partial charge in [0, 0.05) is 6.42 Å². The molecule has 2 fully saturated rings. The Morgan fingerprint density at radius 3 is 1.83 bits per heavy atom. The van der Waals surface area contributed by atoms with Crippen LogP contribution in [0.15, 0.2) is 0 Å². The molecule has 2 unspecified atom stereocenters. The molecule has 2 atom stereocenters. The predicted molar refractivity (Wildman–Crippen MR) is 33.9 cm³/mol. The minimum Gasteiger partial charge on any atom is -0.294 e. The van der Waals surface area contributed by atoms with Gasteiger partial charge in [-0.15, -0.1) is 0 Å². The van der Waals surface area contributed by atoms with Gasteiger partial charge < -0.3 is 0 Å². The summed E-state index contributed by atoms with van der Waals surface area (Å²) >= 11 is 0. The number of fused-ring (bicyclic) bond motifs is 1. The van der Waals surface area contributed by atoms with E-state index in [1.54, 1.807) is 12.1 Å². The average molecular weight is 161 g/mol. The lowest BCUT2D eigenvalue weighted by atomic mass is 9.98. The van der Waals surface area contributed by atoms with Gasteiger partial charge in [0.05, 0.1) is 12.1 Å². The van der Waals surface area contributed by atoms with E-state index >= 15 is 0 Å². The van der Waals surface area contributed by atoms with Gasteiger partial charge >= 0.3 is 0 Å². The van der Waals surface area contributed by atoms with E-state index in [0.717, 1.165) is 0 Å². The van der Waals surface area contributed by atoms with Gasteiger partial charge in [0.25, 0.3) is 0 Å². The van der Waals surface area contributed by atoms with Crippen molar-refractivity contribution in [2.75, 3.05) is 0 Å². The second-order valence-corrected chi connectivity index (χ2v) is 2.99. The van der Waals surface area contributed by atoms with E-state index in [4.69, 9.17) is 10.5 Å². The lowest BCUT2D eigenvalue weighted by Crippen LogP contribution is -2.28. The van der Waals surface area contributed by atoms with Crippen molar-refractivity contribution in [1.29, 1.82) is 10.5 Å². The Balaban J connectivity index is 2.58. The van der Waals surface area contributed by atoms with Gasteiger partial charge in [-0.1, -0.05) is 0 Å². The Bertz CT molecular complexity index is 352. The first-order valence-corrected chi connectivity index (χ1v) is 3.31. The third kappa shape index (κ3) is 0.375. The summed E-state index contributed by atoms with van der Waals surface area (Å²) in [6.07, 6.45) is 0.0532. The Labute approximate surface area is 67.6 Å². The molecule has 2 aliphatic rings. The molecule has 0 radical (unpaired) electrons. The highest BCUT2D eigenvalue weighted by Crippen LogP contribution is 2.66. The van der Waals surface area contributed by atoms with Crippen molar-refractivity contribution in [3.63, 3.8) is 0 Å². The summed E-state index contributed by atoms with van der Waals surface area (Å²) < 4.78 is 0. The van der Waals surface area contributed by atoms with E-state index < -0.39 is 22.6 Å². The van der Waals surface area contributed by atoms with Crippen LogP contribution in [0.1, 0.15) is 6.42 Å². The van der Waals surface area contributed by atoms with Crippen LogP contribution in [0.3, 0.4) is 0 Å². The molecule has 58 valence electrons. The molecule has 1 N–H and O–H groups in total. The van der Waals surface area contributed by atoms with Crippen LogP contribution < -0.4 is 5.32 Å². The van der Waals surface area contributed by atoms with Crippen LogP contribution in [0.25, 0.3) is 0 Å². The lowest BCUT2D eigenvalue weighted by Gasteiger charge is -1.93. The SMILES string of the molecule is N#CC12CC1(C#N)C(=O)NC2=O. The van der Waals surface area contributed by atoms with Gasteiger partial charge in [0.1, 0.15) is 0 Å². The molecule has 0 aromatic heterocycles. The van der Waals surface area contributed by atoms with Crippen molar-refractivity contribution < 1.29 is 9.59 Å². The number of nitrogens with zero attached hydrogens (tertiary/aromatic N) is 2. The molecule has 1 aliphatic heterocycles. The number of nitrogens with one attached hydrogen (secondary N) is 1. The zero-order valence-electron chi connectivity index (χ0n) is 5.92. The fourth-order valence-corrected chi connectivity index (χ4v) is 1.59. The third-order valence-corrected chi connectivity index (χ3v) is 2.52. The van der Waals surface area contributed by atoms with Crippen molar-refractivity contribution in [2.45, 2.75) is 6.42 Å². The van der Waals surface area contributed by atoms with Crippen LogP contribution in [0.2, 0.25) is 0 Å². The molecule has 2 amide bonds. The maximum atomic E-state index is 11.0. The highest BCUT2D eigenvalue weighted by molar-refractivity contribution is 6.17. The van der Waals surface area contributed by atoms with Crippen LogP contribution in [0.4, 0.5) is 0 Å². The molecule has 5 nitrogen and oxygen atoms in total. The maximum absolute atomic E-state index is 11.0. The van der Waals surface area contributed by atoms with Crippen LogP contribution >= 0.6 is 0 Å². The number of imide groups is 1. The van der Waals surface area contributed by atoms with Crippen LogP contribution in [0.5, 0.6) is 0 Å². The lowest BCUT2D eigenvalue weighted by molar-refractivity contribution is -0.128. The van der Waals surface area contributed by atoms with Crippen molar-refractivity contribution in [1.82, 2.24) is 5.32 Å². The van der Waals surface area contributed by atoms with E-state index in [-0.39, 0.29) is 6.42 Å². The Hall–Kier alpha value is -1.88. The molecule has 5 heteroatoms. The second kappa shape index (κ2) is 1.49. The Morgan fingerprint density at radius 2 is 1.58 bits per heavy atom. The van der Waals surface area contributed by atoms with E-state index in [0.29, 0.717) is 0 Å². The fourth-order valence-electron chi connectivity index (χ4n) is 1.59. The fraction of sp³-hybridized carbons (Fsp3) is 0.429. The van der Waals surface area contributed by atoms with E-state index in [9.17, 15) is 9.59 Å². The predicted octanol–water partition coefficient (Wildman–Crippen LogP) is -0.934. The molecule has 1 saturated carbocycles. The minimum absolute atomic E-state index is 0.0532. The second-order valence-electron chi connectivity index (χ2n) is 2.99. The monoisotopic (exact) mass is 161 g/mol. The smallest absolute Gasteiger partial charge is 0.249 e. The molecule has 0 aromatic carbocycles. The molecule has 12 heavy (non-hydrogen) atoms. The van der Waals surface area contributed by atoms with Gasteiger partial charge in [-0.05, 0) is 0 Å². The maximum Gasteiger partial charge on any atom is 0.249 e. The molecule has 0 aromatic rings. The first-order valence-electron chi connectivity index (χ1n) is 3.31. The summed E-state index contributed by atoms with van der Waals surface area (Å²) in [7, 11) is 0. The minimum atomic E-state index is -1.38. The summed E-state index contributed by atoms with van der Waals surface area (Å²) in [6, 6.07) is 3.46. The number of amides is 2. The van der Waals surface area contributed by atoms with E-state index in [1.165, 1.54) is 0 Å². The topological polar surface area (TPSA) is 93.8 Å². The Morgan fingerprint density at radius 1 is 1.17 bits per heavy atom. The zero-order valence-corrected chi connectivity index (χ0v) is 5.92. The number of hydrogen-bond donors (Lipinski definition) is 1. The molecule has 1 saturated heterocycles. The third-order valence-electron chi connectivity index (χ3n) is 2.52. The molecule has 1 aliphatic carbocycles. The number of rotatable bonds is 0. The zero-order chi connectivity index (χ0) is 8.98. The summed E-state index contributed by atoms with van der Waals surface area (Å²) in [5, 5.41) is 19.3. The molecular formula is C7H3N3O2. The number of nitriles is 2. The van der Waals surface area contributed by atoms with Crippen LogP contribution in [-0.4, -0.2) is 11.8 Å². The van der Waals surface area contributed by atoms with E-state index in [1.807, 2.05) is 5.32 Å². The van der Waals surface area contributed by atoms with E-state index in [2.05, 4.69) is 0 Å². The highest BCUT2D eigenvalue weighted by Gasteiger charge is 2.83. The molecular weight excluding hydrogens is 158 g/mol. The standard InChI is InChI=1S/C7H3N3O2/c8-2-6-1-7(6,3-9)5(12)10-4(6)11/h1H2,(H,10,11,12). The quantitative estimate of drug-likeness (QED) is 0.464. The van der Waals surface area contributed by atoms with Gasteiger partial charge in [0.2, 0.25) is 11.8 Å². The van der Waals surface area contributed by atoms with Gasteiger partial charge in [-0.3, -0.25) is 14.9 Å². The highest BCUT2D eigenvalue weighted by atomic mass is 16.2. The Kier molecular flexibility index (Phi) is 0.843. The van der Waals surface area contributed by atoms with Crippen LogP contribution in [0, 0.1) is 33.5 Å². The van der Waals surface area contributed by atoms with Gasteiger partial charge in [-0.25, -0.2) is 0 Å². The van der Waals surface area contributed by atoms with Crippen LogP contribution in [-0.2, 0) is 9.59 Å². The molecule has 2 rings (SSSR count). The number of carbonyl (C=O) groups excluding carboxylic acids is 2. The first-order chi connectivity index (χ1) is 5.63. The van der Waals surface area contributed by atoms with Crippen molar-refractivity contribution in [3.8, 4) is 12.1 Å². The van der Waals surface area contributed by atoms with Crippen molar-refractivity contribution in [2.24, 2.45) is 10.8 Å². The summed E-state index contributed by atoms with van der Waals surface area (Å²) in [5.41, 5.74) is -2.75. The molecule has 0 spiro atoms. The summed E-state index contributed by atoms with van der Waals surface area (Å²) in [4.78, 5) is 22.1. The summed E-state index contributed by atoms with van der Waals surface area (Å²) in [6.45, 7) is 0. The average Bonchev–Trinajstić information content (AvgIpc) is 2.70. The molecule has 1 heterocycles. The van der Waals surface area contributed by atoms with Crippen molar-refractivity contribution >= 4 is 11.8 Å². The van der Waals surface area contributed by atoms with Gasteiger partial charge in [0.15, 0.2) is 10.8 Å². The largest absolute Gasteiger partial charge is 0.294 e. The summed E-state index contributed by atoms with van der Waals surface area (Å²) in [5.74, 6) is -1.26. The number of piperidine rings is 1. The van der Waals surface area contributed by atoms with Crippen molar-refractivity contribution in [3.05, 3.63) is 0 Å². The normalized spacial score (nSPS) is 42.5. The first kappa shape index (κ1) is 6.81. The molecule has 0 bridgehead atoms. The van der Waals surface area contributed by atoms with Gasteiger partial charge in [-0.2, -0.15) is 10.5 Å². The number of hydrogen-bond acceptors (Lipinski definition) is 4.